The fourth-order valence-corrected chi connectivity index (χ4v) is 3.86. The summed E-state index contributed by atoms with van der Waals surface area (Å²) in [5.74, 6) is 1.03. The third-order valence-corrected chi connectivity index (χ3v) is 5.58. The number of hydrogen-bond donors (Lipinski definition) is 1. The lowest BCUT2D eigenvalue weighted by atomic mass is 10.1. The van der Waals surface area contributed by atoms with Gasteiger partial charge in [-0.05, 0) is 42.8 Å². The molecule has 30 heavy (non-hydrogen) atoms. The molecule has 2 amide bonds. The number of halogens is 1. The zero-order chi connectivity index (χ0) is 21.7. The van der Waals surface area contributed by atoms with E-state index in [0.717, 1.165) is 15.7 Å². The van der Waals surface area contributed by atoms with Crippen LogP contribution in [0.1, 0.15) is 15.9 Å². The van der Waals surface area contributed by atoms with Crippen LogP contribution >= 0.6 is 15.9 Å². The SMILES string of the molecule is COc1cc(OC)cc(C(=O)N2CCN(CC(=O)Nc3ccc(Br)cc3C)CC2)c1. The predicted molar refractivity (Wildman–Crippen MR) is 119 cm³/mol. The summed E-state index contributed by atoms with van der Waals surface area (Å²) < 4.78 is 11.5. The Bertz CT molecular complexity index is 904. The number of carbonyl (C=O) groups excluding carboxylic acids is 2. The highest BCUT2D eigenvalue weighted by atomic mass is 79.9. The first kappa shape index (κ1) is 22.1. The molecule has 0 saturated carbocycles. The van der Waals surface area contributed by atoms with E-state index < -0.39 is 0 Å². The summed E-state index contributed by atoms with van der Waals surface area (Å²) in [7, 11) is 3.12. The Morgan fingerprint density at radius 2 is 1.63 bits per heavy atom. The van der Waals surface area contributed by atoms with Crippen molar-refractivity contribution in [3.05, 3.63) is 52.0 Å². The Morgan fingerprint density at radius 1 is 1.00 bits per heavy atom. The highest BCUT2D eigenvalue weighted by Crippen LogP contribution is 2.24. The number of anilines is 1. The van der Waals surface area contributed by atoms with Gasteiger partial charge in [0.05, 0.1) is 20.8 Å². The lowest BCUT2D eigenvalue weighted by molar-refractivity contribution is -0.117. The summed E-state index contributed by atoms with van der Waals surface area (Å²) in [6, 6.07) is 10.9. The van der Waals surface area contributed by atoms with Gasteiger partial charge in [0.25, 0.3) is 5.91 Å². The zero-order valence-corrected chi connectivity index (χ0v) is 19.0. The molecule has 0 aliphatic carbocycles. The van der Waals surface area contributed by atoms with E-state index in [-0.39, 0.29) is 11.8 Å². The third-order valence-electron chi connectivity index (χ3n) is 5.09. The molecule has 160 valence electrons. The van der Waals surface area contributed by atoms with Gasteiger partial charge in [0.1, 0.15) is 11.5 Å². The van der Waals surface area contributed by atoms with Crippen molar-refractivity contribution in [2.75, 3.05) is 52.3 Å². The van der Waals surface area contributed by atoms with E-state index in [9.17, 15) is 9.59 Å². The fourth-order valence-electron chi connectivity index (χ4n) is 3.38. The first-order chi connectivity index (χ1) is 14.4. The van der Waals surface area contributed by atoms with Crippen LogP contribution in [0.15, 0.2) is 40.9 Å². The molecule has 1 aliphatic heterocycles. The highest BCUT2D eigenvalue weighted by Gasteiger charge is 2.24. The lowest BCUT2D eigenvalue weighted by Gasteiger charge is -2.34. The summed E-state index contributed by atoms with van der Waals surface area (Å²) in [5.41, 5.74) is 2.34. The fraction of sp³-hybridized carbons (Fsp3) is 0.364. The quantitative estimate of drug-likeness (QED) is 0.694. The summed E-state index contributed by atoms with van der Waals surface area (Å²) in [5, 5.41) is 2.96. The van der Waals surface area contributed by atoms with Crippen molar-refractivity contribution < 1.29 is 19.1 Å². The Labute approximate surface area is 185 Å². The number of ether oxygens (including phenoxy) is 2. The van der Waals surface area contributed by atoms with Gasteiger partial charge in [-0.15, -0.1) is 0 Å². The van der Waals surface area contributed by atoms with Crippen molar-refractivity contribution in [1.29, 1.82) is 0 Å². The molecule has 0 aromatic heterocycles. The number of rotatable bonds is 6. The molecule has 2 aromatic rings. The second-order valence-electron chi connectivity index (χ2n) is 7.18. The van der Waals surface area contributed by atoms with Gasteiger partial charge in [-0.1, -0.05) is 15.9 Å². The number of methoxy groups -OCH3 is 2. The van der Waals surface area contributed by atoms with E-state index in [0.29, 0.717) is 49.8 Å². The van der Waals surface area contributed by atoms with E-state index in [1.807, 2.05) is 25.1 Å². The van der Waals surface area contributed by atoms with Gasteiger partial charge in [-0.2, -0.15) is 0 Å². The molecule has 0 spiro atoms. The van der Waals surface area contributed by atoms with Crippen LogP contribution in [0, 0.1) is 6.92 Å². The first-order valence-corrected chi connectivity index (χ1v) is 10.5. The Kier molecular flexibility index (Phi) is 7.33. The van der Waals surface area contributed by atoms with Gasteiger partial charge in [-0.25, -0.2) is 0 Å². The van der Waals surface area contributed by atoms with Crippen LogP contribution in [0.2, 0.25) is 0 Å². The minimum absolute atomic E-state index is 0.0577. The first-order valence-electron chi connectivity index (χ1n) is 9.70. The maximum Gasteiger partial charge on any atom is 0.254 e. The number of hydrogen-bond acceptors (Lipinski definition) is 5. The van der Waals surface area contributed by atoms with Crippen molar-refractivity contribution in [1.82, 2.24) is 9.80 Å². The molecule has 3 rings (SSSR count). The number of piperazine rings is 1. The molecule has 8 heteroatoms. The lowest BCUT2D eigenvalue weighted by Crippen LogP contribution is -2.50. The molecule has 0 radical (unpaired) electrons. The highest BCUT2D eigenvalue weighted by molar-refractivity contribution is 9.10. The van der Waals surface area contributed by atoms with Crippen LogP contribution in [0.3, 0.4) is 0 Å². The summed E-state index contributed by atoms with van der Waals surface area (Å²) in [4.78, 5) is 29.2. The Hall–Kier alpha value is -2.58. The van der Waals surface area contributed by atoms with Gasteiger partial charge in [-0.3, -0.25) is 14.5 Å². The number of aryl methyl sites for hydroxylation is 1. The predicted octanol–water partition coefficient (Wildman–Crippen LogP) is 3.17. The van der Waals surface area contributed by atoms with Crippen molar-refractivity contribution >= 4 is 33.4 Å². The summed E-state index contributed by atoms with van der Waals surface area (Å²) in [6.07, 6.45) is 0. The van der Waals surface area contributed by atoms with Crippen LogP contribution in [-0.4, -0.2) is 68.6 Å². The summed E-state index contributed by atoms with van der Waals surface area (Å²) >= 11 is 3.43. The molecule has 1 fully saturated rings. The van der Waals surface area contributed by atoms with E-state index in [4.69, 9.17) is 9.47 Å². The van der Waals surface area contributed by atoms with Gasteiger partial charge in [0, 0.05) is 48.0 Å². The molecule has 1 N–H and O–H groups in total. The molecule has 7 nitrogen and oxygen atoms in total. The maximum atomic E-state index is 12.9. The number of benzene rings is 2. The molecule has 0 bridgehead atoms. The number of nitrogens with one attached hydrogen (secondary N) is 1. The van der Waals surface area contributed by atoms with Gasteiger partial charge in [0.15, 0.2) is 0 Å². The standard InChI is InChI=1S/C22H26BrN3O4/c1-15-10-17(23)4-5-20(15)24-21(27)14-25-6-8-26(9-7-25)22(28)16-11-18(29-2)13-19(12-16)30-3/h4-5,10-13H,6-9,14H2,1-3H3,(H,24,27). The molecule has 0 atom stereocenters. The Balaban J connectivity index is 1.54. The van der Waals surface area contributed by atoms with Crippen molar-refractivity contribution in [2.45, 2.75) is 6.92 Å². The van der Waals surface area contributed by atoms with E-state index in [1.165, 1.54) is 0 Å². The second kappa shape index (κ2) is 9.95. The van der Waals surface area contributed by atoms with Gasteiger partial charge < -0.3 is 19.7 Å². The number of nitrogens with zero attached hydrogens (tertiary/aromatic N) is 2. The monoisotopic (exact) mass is 475 g/mol. The van der Waals surface area contributed by atoms with Crippen LogP contribution in [0.4, 0.5) is 5.69 Å². The van der Waals surface area contributed by atoms with Crippen LogP contribution in [-0.2, 0) is 4.79 Å². The van der Waals surface area contributed by atoms with Gasteiger partial charge in [0.2, 0.25) is 5.91 Å². The molecular weight excluding hydrogens is 450 g/mol. The minimum Gasteiger partial charge on any atom is -0.497 e. The maximum absolute atomic E-state index is 12.9. The molecule has 2 aromatic carbocycles. The molecule has 1 heterocycles. The van der Waals surface area contributed by atoms with E-state index in [1.54, 1.807) is 37.3 Å². The van der Waals surface area contributed by atoms with Crippen LogP contribution in [0.5, 0.6) is 11.5 Å². The normalized spacial score (nSPS) is 14.3. The average molecular weight is 476 g/mol. The minimum atomic E-state index is -0.0678. The summed E-state index contributed by atoms with van der Waals surface area (Å²) in [6.45, 7) is 4.65. The van der Waals surface area contributed by atoms with Crippen LogP contribution < -0.4 is 14.8 Å². The van der Waals surface area contributed by atoms with Crippen molar-refractivity contribution in [3.8, 4) is 11.5 Å². The third kappa shape index (κ3) is 5.52. The largest absolute Gasteiger partial charge is 0.497 e. The number of carbonyl (C=O) groups is 2. The second-order valence-corrected chi connectivity index (χ2v) is 8.09. The van der Waals surface area contributed by atoms with Crippen molar-refractivity contribution in [3.63, 3.8) is 0 Å². The molecule has 0 unspecified atom stereocenters. The smallest absolute Gasteiger partial charge is 0.254 e. The van der Waals surface area contributed by atoms with Crippen LogP contribution in [0.25, 0.3) is 0 Å². The molecule has 1 aliphatic rings. The average Bonchev–Trinajstić information content (AvgIpc) is 2.75. The topological polar surface area (TPSA) is 71.1 Å². The van der Waals surface area contributed by atoms with Gasteiger partial charge >= 0.3 is 0 Å². The van der Waals surface area contributed by atoms with E-state index >= 15 is 0 Å². The zero-order valence-electron chi connectivity index (χ0n) is 17.4. The Morgan fingerprint density at radius 3 is 2.20 bits per heavy atom. The van der Waals surface area contributed by atoms with Crippen molar-refractivity contribution in [2.24, 2.45) is 0 Å². The van der Waals surface area contributed by atoms with E-state index in [2.05, 4.69) is 26.1 Å². The number of amides is 2. The molecule has 1 saturated heterocycles. The molecular formula is C22H26BrN3O4.